The van der Waals surface area contributed by atoms with Crippen molar-refractivity contribution in [1.29, 1.82) is 0 Å². The number of hydrogen-bond acceptors (Lipinski definition) is 6. The summed E-state index contributed by atoms with van der Waals surface area (Å²) in [7, 11) is 0.528. The molecule has 0 saturated carbocycles. The number of rotatable bonds is 7. The molecule has 1 fully saturated rings. The smallest absolute Gasteiger partial charge is 0.331 e. The molecular formula is C19H26N2O6S. The van der Waals surface area contributed by atoms with Crippen molar-refractivity contribution in [3.63, 3.8) is 0 Å². The van der Waals surface area contributed by atoms with E-state index in [2.05, 4.69) is 0 Å². The Bertz CT molecular complexity index is 842. The van der Waals surface area contributed by atoms with Crippen LogP contribution in [-0.4, -0.2) is 70.4 Å². The molecule has 0 radical (unpaired) electrons. The number of sulfonamides is 1. The van der Waals surface area contributed by atoms with Gasteiger partial charge in [0.1, 0.15) is 10.6 Å². The molecule has 1 saturated heterocycles. The number of hydrogen-bond donors (Lipinski definition) is 0. The molecular weight excluding hydrogens is 384 g/mol. The van der Waals surface area contributed by atoms with E-state index in [0.717, 1.165) is 29.6 Å². The van der Waals surface area contributed by atoms with Gasteiger partial charge in [0.25, 0.3) is 5.91 Å². The van der Waals surface area contributed by atoms with Crippen molar-refractivity contribution in [2.75, 3.05) is 40.9 Å². The second-order valence-corrected chi connectivity index (χ2v) is 8.70. The van der Waals surface area contributed by atoms with E-state index in [9.17, 15) is 18.0 Å². The van der Waals surface area contributed by atoms with E-state index in [-0.39, 0.29) is 23.2 Å². The average molecular weight is 410 g/mol. The van der Waals surface area contributed by atoms with Gasteiger partial charge in [0, 0.05) is 33.3 Å². The van der Waals surface area contributed by atoms with Crippen molar-refractivity contribution in [1.82, 2.24) is 9.21 Å². The fourth-order valence-electron chi connectivity index (χ4n) is 2.78. The minimum atomic E-state index is -3.71. The number of carbonyl (C=O) groups is 2. The Morgan fingerprint density at radius 3 is 2.46 bits per heavy atom. The van der Waals surface area contributed by atoms with E-state index in [4.69, 9.17) is 9.47 Å². The minimum absolute atomic E-state index is 0.00389. The Morgan fingerprint density at radius 1 is 1.18 bits per heavy atom. The highest BCUT2D eigenvalue weighted by Crippen LogP contribution is 2.27. The van der Waals surface area contributed by atoms with Crippen LogP contribution < -0.4 is 4.74 Å². The molecule has 9 heteroatoms. The molecule has 2 rings (SSSR count). The van der Waals surface area contributed by atoms with Gasteiger partial charge in [-0.25, -0.2) is 17.5 Å². The Kier molecular flexibility index (Phi) is 7.59. The Hall–Kier alpha value is -2.39. The van der Waals surface area contributed by atoms with Crippen LogP contribution in [0, 0.1) is 0 Å². The third kappa shape index (κ3) is 5.56. The maximum atomic E-state index is 12.4. The van der Waals surface area contributed by atoms with E-state index >= 15 is 0 Å². The second-order valence-electron chi connectivity index (χ2n) is 6.58. The summed E-state index contributed by atoms with van der Waals surface area (Å²) in [6, 6.07) is 4.55. The zero-order chi connectivity index (χ0) is 20.7. The highest BCUT2D eigenvalue weighted by atomic mass is 32.2. The fourth-order valence-corrected chi connectivity index (χ4v) is 3.86. The molecule has 154 valence electrons. The number of amides is 1. The normalized spacial score (nSPS) is 15.1. The first-order valence-corrected chi connectivity index (χ1v) is 10.4. The minimum Gasteiger partial charge on any atom is -0.495 e. The zero-order valence-electron chi connectivity index (χ0n) is 16.4. The van der Waals surface area contributed by atoms with Gasteiger partial charge in [0.2, 0.25) is 10.0 Å². The van der Waals surface area contributed by atoms with E-state index < -0.39 is 16.0 Å². The molecule has 8 nitrogen and oxygen atoms in total. The summed E-state index contributed by atoms with van der Waals surface area (Å²) in [6.45, 7) is 1.09. The molecule has 0 unspecified atom stereocenters. The first-order chi connectivity index (χ1) is 13.3. The molecule has 0 aliphatic carbocycles. The van der Waals surface area contributed by atoms with Gasteiger partial charge in [0.15, 0.2) is 6.61 Å². The number of piperidine rings is 1. The van der Waals surface area contributed by atoms with Gasteiger partial charge in [-0.1, -0.05) is 6.07 Å². The molecule has 1 aliphatic rings. The number of ether oxygens (including phenoxy) is 2. The Balaban J connectivity index is 2.03. The molecule has 1 amide bonds. The summed E-state index contributed by atoms with van der Waals surface area (Å²) < 4.78 is 36.0. The van der Waals surface area contributed by atoms with E-state index in [1.54, 1.807) is 11.0 Å². The first kappa shape index (κ1) is 21.9. The highest BCUT2D eigenvalue weighted by molar-refractivity contribution is 7.89. The molecule has 0 atom stereocenters. The topological polar surface area (TPSA) is 93.2 Å². The lowest BCUT2D eigenvalue weighted by Crippen LogP contribution is -2.38. The predicted octanol–water partition coefficient (Wildman–Crippen LogP) is 1.51. The third-order valence-electron chi connectivity index (χ3n) is 4.40. The van der Waals surface area contributed by atoms with Crippen LogP contribution in [0.2, 0.25) is 0 Å². The number of carbonyl (C=O) groups excluding carboxylic acids is 2. The second kappa shape index (κ2) is 9.70. The fraction of sp³-hybridized carbons (Fsp3) is 0.474. The lowest BCUT2D eigenvalue weighted by Gasteiger charge is -2.26. The van der Waals surface area contributed by atoms with Crippen LogP contribution in [0.1, 0.15) is 24.8 Å². The summed E-state index contributed by atoms with van der Waals surface area (Å²) in [4.78, 5) is 25.6. The number of esters is 1. The van der Waals surface area contributed by atoms with Crippen LogP contribution in [0.4, 0.5) is 0 Å². The van der Waals surface area contributed by atoms with Crippen LogP contribution in [0.15, 0.2) is 29.2 Å². The maximum Gasteiger partial charge on any atom is 0.331 e. The van der Waals surface area contributed by atoms with Crippen LogP contribution in [0.3, 0.4) is 0 Å². The van der Waals surface area contributed by atoms with Crippen LogP contribution in [0.25, 0.3) is 6.08 Å². The van der Waals surface area contributed by atoms with Gasteiger partial charge in [0.05, 0.1) is 7.11 Å². The molecule has 1 aromatic rings. The number of nitrogens with zero attached hydrogens (tertiary/aromatic N) is 2. The van der Waals surface area contributed by atoms with Gasteiger partial charge >= 0.3 is 5.97 Å². The number of likely N-dealkylation sites (tertiary alicyclic amines) is 1. The van der Waals surface area contributed by atoms with E-state index in [1.807, 2.05) is 0 Å². The van der Waals surface area contributed by atoms with Crippen molar-refractivity contribution >= 4 is 28.0 Å². The monoisotopic (exact) mass is 410 g/mol. The largest absolute Gasteiger partial charge is 0.495 e. The molecule has 28 heavy (non-hydrogen) atoms. The van der Waals surface area contributed by atoms with Crippen LogP contribution in [-0.2, 0) is 24.3 Å². The highest BCUT2D eigenvalue weighted by Gasteiger charge is 2.22. The van der Waals surface area contributed by atoms with Gasteiger partial charge in [-0.05, 0) is 43.0 Å². The quantitative estimate of drug-likeness (QED) is 0.500. The van der Waals surface area contributed by atoms with Crippen LogP contribution in [0.5, 0.6) is 5.75 Å². The molecule has 1 heterocycles. The predicted molar refractivity (Wildman–Crippen MR) is 104 cm³/mol. The lowest BCUT2D eigenvalue weighted by atomic mass is 10.1. The van der Waals surface area contributed by atoms with Crippen molar-refractivity contribution in [2.24, 2.45) is 0 Å². The van der Waals surface area contributed by atoms with Gasteiger partial charge in [-0.3, -0.25) is 4.79 Å². The summed E-state index contributed by atoms with van der Waals surface area (Å²) in [5.41, 5.74) is 0.487. The summed E-state index contributed by atoms with van der Waals surface area (Å²) in [5.74, 6) is -0.663. The van der Waals surface area contributed by atoms with Gasteiger partial charge in [-0.2, -0.15) is 0 Å². The zero-order valence-corrected chi connectivity index (χ0v) is 17.2. The van der Waals surface area contributed by atoms with Gasteiger partial charge < -0.3 is 14.4 Å². The molecule has 1 aliphatic heterocycles. The first-order valence-electron chi connectivity index (χ1n) is 8.99. The van der Waals surface area contributed by atoms with Crippen molar-refractivity contribution < 1.29 is 27.5 Å². The lowest BCUT2D eigenvalue weighted by molar-refractivity contribution is -0.148. The standard InChI is InChI=1S/C19H26N2O6S/c1-20(2)28(24,25)17-13-15(7-9-16(17)26-3)8-10-19(23)27-14-18(22)21-11-5-4-6-12-21/h7-10,13H,4-6,11-12,14H2,1-3H3/b10-8+. The van der Waals surface area contributed by atoms with E-state index in [1.165, 1.54) is 39.4 Å². The number of methoxy groups -OCH3 is 1. The van der Waals surface area contributed by atoms with Gasteiger partial charge in [-0.15, -0.1) is 0 Å². The molecule has 0 aromatic heterocycles. The number of benzene rings is 1. The summed E-state index contributed by atoms with van der Waals surface area (Å²) >= 11 is 0. The average Bonchev–Trinajstić information content (AvgIpc) is 2.70. The molecule has 0 N–H and O–H groups in total. The Labute approximate surface area is 165 Å². The maximum absolute atomic E-state index is 12.4. The molecule has 0 spiro atoms. The van der Waals surface area contributed by atoms with Crippen LogP contribution >= 0.6 is 0 Å². The third-order valence-corrected chi connectivity index (χ3v) is 6.24. The van der Waals surface area contributed by atoms with Crippen molar-refractivity contribution in [3.8, 4) is 5.75 Å². The molecule has 0 bridgehead atoms. The summed E-state index contributed by atoms with van der Waals surface area (Å²) in [5, 5.41) is 0. The Morgan fingerprint density at radius 2 is 1.86 bits per heavy atom. The van der Waals surface area contributed by atoms with Crippen molar-refractivity contribution in [3.05, 3.63) is 29.8 Å². The molecule has 1 aromatic carbocycles. The SMILES string of the molecule is COc1ccc(/C=C/C(=O)OCC(=O)N2CCCCC2)cc1S(=O)(=O)N(C)C. The van der Waals surface area contributed by atoms with Crippen molar-refractivity contribution in [2.45, 2.75) is 24.2 Å². The van der Waals surface area contributed by atoms with E-state index in [0.29, 0.717) is 18.7 Å². The summed E-state index contributed by atoms with van der Waals surface area (Å²) in [6.07, 6.45) is 5.64.